The number of rotatable bonds is 4. The Morgan fingerprint density at radius 1 is 1.06 bits per heavy atom. The van der Waals surface area contributed by atoms with Crippen LogP contribution in [0.15, 0.2) is 24.3 Å². The number of aryl methyl sites for hydroxylation is 1. The van der Waals surface area contributed by atoms with Gasteiger partial charge in [-0.3, -0.25) is 9.59 Å². The van der Waals surface area contributed by atoms with Crippen molar-refractivity contribution >= 4 is 11.6 Å². The van der Waals surface area contributed by atoms with Gasteiger partial charge in [0.2, 0.25) is 0 Å². The molecule has 1 aromatic carbocycles. The molecule has 0 radical (unpaired) electrons. The number of hydrogen-bond acceptors (Lipinski definition) is 2. The molecule has 0 atom stereocenters. The fourth-order valence-electron chi connectivity index (χ4n) is 1.44. The van der Waals surface area contributed by atoms with Gasteiger partial charge in [-0.05, 0) is 12.5 Å². The van der Waals surface area contributed by atoms with Crippen LogP contribution in [0.25, 0.3) is 0 Å². The Morgan fingerprint density at radius 3 is 2.06 bits per heavy atom. The minimum absolute atomic E-state index is 0.00576. The summed E-state index contributed by atoms with van der Waals surface area (Å²) in [5.74, 6) is 0.00314. The van der Waals surface area contributed by atoms with Crippen LogP contribution in [0.2, 0.25) is 0 Å². The first kappa shape index (κ1) is 13.6. The van der Waals surface area contributed by atoms with Crippen molar-refractivity contribution in [3.63, 3.8) is 0 Å². The summed E-state index contributed by atoms with van der Waals surface area (Å²) in [4.78, 5) is 23.4. The summed E-state index contributed by atoms with van der Waals surface area (Å²) < 4.78 is 0. The Bertz CT molecular complexity index is 408. The largest absolute Gasteiger partial charge is 0.299 e. The lowest BCUT2D eigenvalue weighted by Gasteiger charge is -2.15. The molecule has 0 N–H and O–H groups in total. The van der Waals surface area contributed by atoms with Crippen LogP contribution >= 0.6 is 0 Å². The van der Waals surface area contributed by atoms with Crippen molar-refractivity contribution in [1.82, 2.24) is 0 Å². The monoisotopic (exact) mass is 232 g/mol. The van der Waals surface area contributed by atoms with E-state index in [2.05, 4.69) is 0 Å². The lowest BCUT2D eigenvalue weighted by molar-refractivity contribution is -0.131. The van der Waals surface area contributed by atoms with E-state index in [1.165, 1.54) is 5.56 Å². The molecule has 2 heteroatoms. The predicted molar refractivity (Wildman–Crippen MR) is 69.0 cm³/mol. The lowest BCUT2D eigenvalue weighted by Crippen LogP contribution is -2.23. The normalized spacial score (nSPS) is 11.3. The predicted octanol–water partition coefficient (Wildman–Crippen LogP) is 3.11. The summed E-state index contributed by atoms with van der Waals surface area (Å²) in [6.07, 6.45) is 0.388. The highest BCUT2D eigenvalue weighted by atomic mass is 16.1. The van der Waals surface area contributed by atoms with E-state index in [1.54, 1.807) is 0 Å². The van der Waals surface area contributed by atoms with Crippen molar-refractivity contribution in [1.29, 1.82) is 0 Å². The summed E-state index contributed by atoms with van der Waals surface area (Å²) in [6, 6.07) is 7.84. The number of ketones is 2. The highest BCUT2D eigenvalue weighted by molar-refractivity contribution is 6.01. The topological polar surface area (TPSA) is 34.1 Å². The average molecular weight is 232 g/mol. The molecule has 2 nitrogen and oxygen atoms in total. The van der Waals surface area contributed by atoms with E-state index in [9.17, 15) is 9.59 Å². The van der Waals surface area contributed by atoms with Crippen LogP contribution in [0.5, 0.6) is 0 Å². The third kappa shape index (κ3) is 4.51. The van der Waals surface area contributed by atoms with Crippen LogP contribution in [0.1, 0.15) is 38.3 Å². The molecule has 0 aliphatic carbocycles. The summed E-state index contributed by atoms with van der Waals surface area (Å²) in [7, 11) is 0. The van der Waals surface area contributed by atoms with Gasteiger partial charge in [-0.25, -0.2) is 0 Å². The van der Waals surface area contributed by atoms with Crippen molar-refractivity contribution in [2.75, 3.05) is 0 Å². The number of hydrogen-bond donors (Lipinski definition) is 0. The van der Waals surface area contributed by atoms with Crippen LogP contribution < -0.4 is 0 Å². The van der Waals surface area contributed by atoms with E-state index in [0.29, 0.717) is 6.42 Å². The zero-order chi connectivity index (χ0) is 13.1. The van der Waals surface area contributed by atoms with Crippen molar-refractivity contribution in [2.24, 2.45) is 5.41 Å². The van der Waals surface area contributed by atoms with Crippen molar-refractivity contribution in [3.8, 4) is 0 Å². The molecule has 17 heavy (non-hydrogen) atoms. The number of Topliss-reactive ketones (excluding diaryl/α,β-unsaturated/α-hetero) is 2. The first-order chi connectivity index (χ1) is 7.79. The van der Waals surface area contributed by atoms with E-state index in [0.717, 1.165) is 5.56 Å². The molecule has 0 saturated carbocycles. The zero-order valence-corrected chi connectivity index (χ0v) is 11.0. The molecule has 0 unspecified atom stereocenters. The average Bonchev–Trinajstić information content (AvgIpc) is 2.20. The van der Waals surface area contributed by atoms with Crippen LogP contribution in [-0.2, 0) is 16.0 Å². The summed E-state index contributed by atoms with van der Waals surface area (Å²) in [5, 5.41) is 0. The fraction of sp³-hybridized carbons (Fsp3) is 0.467. The molecule has 0 bridgehead atoms. The van der Waals surface area contributed by atoms with Crippen molar-refractivity contribution in [2.45, 2.75) is 40.5 Å². The van der Waals surface area contributed by atoms with Gasteiger partial charge < -0.3 is 0 Å². The van der Waals surface area contributed by atoms with Gasteiger partial charge in [0.1, 0.15) is 11.6 Å². The lowest BCUT2D eigenvalue weighted by atomic mass is 9.87. The second-order valence-electron chi connectivity index (χ2n) is 5.55. The van der Waals surface area contributed by atoms with E-state index < -0.39 is 5.41 Å². The molecule has 0 aliphatic heterocycles. The van der Waals surface area contributed by atoms with Gasteiger partial charge in [0, 0.05) is 11.8 Å². The molecule has 0 amide bonds. The fourth-order valence-corrected chi connectivity index (χ4v) is 1.44. The van der Waals surface area contributed by atoms with Crippen LogP contribution in [-0.4, -0.2) is 11.6 Å². The molecule has 1 aromatic rings. The highest BCUT2D eigenvalue weighted by Gasteiger charge is 2.23. The van der Waals surface area contributed by atoms with Crippen LogP contribution in [0, 0.1) is 12.3 Å². The second-order valence-corrected chi connectivity index (χ2v) is 5.55. The molecular formula is C15H20O2. The molecule has 0 fully saturated rings. The Hall–Kier alpha value is -1.44. The smallest absolute Gasteiger partial charge is 0.145 e. The third-order valence-electron chi connectivity index (χ3n) is 2.72. The molecule has 0 heterocycles. The maximum Gasteiger partial charge on any atom is 0.145 e. The maximum atomic E-state index is 11.7. The number of carbonyl (C=O) groups is 2. The first-order valence-electron chi connectivity index (χ1n) is 5.89. The van der Waals surface area contributed by atoms with Crippen LogP contribution in [0.4, 0.5) is 0 Å². The molecule has 0 aromatic heterocycles. The van der Waals surface area contributed by atoms with Gasteiger partial charge in [0.15, 0.2) is 0 Å². The second kappa shape index (κ2) is 5.26. The third-order valence-corrected chi connectivity index (χ3v) is 2.72. The molecule has 0 spiro atoms. The minimum atomic E-state index is -0.428. The van der Waals surface area contributed by atoms with E-state index >= 15 is 0 Å². The van der Waals surface area contributed by atoms with Gasteiger partial charge in [0.25, 0.3) is 0 Å². The van der Waals surface area contributed by atoms with E-state index in [-0.39, 0.29) is 18.0 Å². The molecule has 0 aliphatic rings. The SMILES string of the molecule is Cc1ccc(CC(=O)CC(=O)C(C)(C)C)cc1. The molecular weight excluding hydrogens is 212 g/mol. The van der Waals surface area contributed by atoms with Gasteiger partial charge in [-0.1, -0.05) is 50.6 Å². The van der Waals surface area contributed by atoms with Gasteiger partial charge in [-0.2, -0.15) is 0 Å². The molecule has 1 rings (SSSR count). The Kier molecular flexibility index (Phi) is 4.22. The summed E-state index contributed by atoms with van der Waals surface area (Å²) in [6.45, 7) is 7.53. The van der Waals surface area contributed by atoms with Crippen LogP contribution in [0.3, 0.4) is 0 Å². The molecule has 0 saturated heterocycles. The quantitative estimate of drug-likeness (QED) is 0.747. The molecule has 92 valence electrons. The Balaban J connectivity index is 2.56. The Morgan fingerprint density at radius 2 is 1.59 bits per heavy atom. The zero-order valence-electron chi connectivity index (χ0n) is 11.0. The Labute approximate surface area is 103 Å². The summed E-state index contributed by atoms with van der Waals surface area (Å²) in [5.41, 5.74) is 1.72. The van der Waals surface area contributed by atoms with E-state index in [1.807, 2.05) is 52.0 Å². The van der Waals surface area contributed by atoms with Crippen molar-refractivity contribution < 1.29 is 9.59 Å². The standard InChI is InChI=1S/C15H20O2/c1-11-5-7-12(8-6-11)9-13(16)10-14(17)15(2,3)4/h5-8H,9-10H2,1-4H3. The maximum absolute atomic E-state index is 11.7. The van der Waals surface area contributed by atoms with Gasteiger partial charge >= 0.3 is 0 Å². The number of carbonyl (C=O) groups excluding carboxylic acids is 2. The van der Waals surface area contributed by atoms with Crippen molar-refractivity contribution in [3.05, 3.63) is 35.4 Å². The minimum Gasteiger partial charge on any atom is -0.299 e. The van der Waals surface area contributed by atoms with E-state index in [4.69, 9.17) is 0 Å². The summed E-state index contributed by atoms with van der Waals surface area (Å²) >= 11 is 0. The number of benzene rings is 1. The van der Waals surface area contributed by atoms with Gasteiger partial charge in [0.05, 0.1) is 6.42 Å². The first-order valence-corrected chi connectivity index (χ1v) is 5.89. The van der Waals surface area contributed by atoms with Gasteiger partial charge in [-0.15, -0.1) is 0 Å². The highest BCUT2D eigenvalue weighted by Crippen LogP contribution is 2.17.